The van der Waals surface area contributed by atoms with E-state index in [1.807, 2.05) is 0 Å². The number of halogens is 1. The van der Waals surface area contributed by atoms with Crippen LogP contribution in [0.2, 0.25) is 0 Å². The zero-order valence-electron chi connectivity index (χ0n) is 20.3. The van der Waals surface area contributed by atoms with E-state index in [-0.39, 0.29) is 63.8 Å². The number of sulfonamides is 1. The molecule has 3 heterocycles. The summed E-state index contributed by atoms with van der Waals surface area (Å²) in [5.74, 6) is -1.98. The Morgan fingerprint density at radius 1 is 1.16 bits per heavy atom. The van der Waals surface area contributed by atoms with Gasteiger partial charge in [-0.05, 0) is 60.4 Å². The van der Waals surface area contributed by atoms with E-state index in [0.717, 1.165) is 25.5 Å². The summed E-state index contributed by atoms with van der Waals surface area (Å²) in [6.07, 6.45) is 4.95. The van der Waals surface area contributed by atoms with Crippen LogP contribution in [0.25, 0.3) is 0 Å². The number of carbonyl (C=O) groups excluding carboxylic acids is 1. The molecule has 2 aliphatic carbocycles. The minimum Gasteiger partial charge on any atom is -0.511 e. The van der Waals surface area contributed by atoms with Crippen LogP contribution in [0.3, 0.4) is 0 Å². The molecule has 38 heavy (non-hydrogen) atoms. The van der Waals surface area contributed by atoms with E-state index in [4.69, 9.17) is 0 Å². The van der Waals surface area contributed by atoms with Gasteiger partial charge in [0.1, 0.15) is 22.0 Å². The number of anilines is 1. The third kappa shape index (κ3) is 4.17. The fraction of sp³-hybridized carbons (Fsp3) is 0.400. The maximum atomic E-state index is 13.9. The number of fused-ring (bicyclic) bond motifs is 6. The van der Waals surface area contributed by atoms with E-state index < -0.39 is 37.3 Å². The lowest BCUT2D eigenvalue weighted by Crippen LogP contribution is -2.53. The lowest BCUT2D eigenvalue weighted by Gasteiger charge is -2.44. The number of amides is 1. The molecule has 1 aromatic carbocycles. The molecule has 0 saturated heterocycles. The van der Waals surface area contributed by atoms with Gasteiger partial charge in [0.25, 0.3) is 15.9 Å². The van der Waals surface area contributed by atoms with Crippen LogP contribution < -0.4 is 5.32 Å². The quantitative estimate of drug-likeness (QED) is 0.567. The number of aliphatic hydroxyl groups is 1. The van der Waals surface area contributed by atoms with Crippen molar-refractivity contribution in [3.05, 3.63) is 64.8 Å². The summed E-state index contributed by atoms with van der Waals surface area (Å²) in [5.41, 5.74) is 0.664. The maximum Gasteiger partial charge on any atom is 0.287 e. The Labute approximate surface area is 219 Å². The van der Waals surface area contributed by atoms with Crippen molar-refractivity contribution in [3.8, 4) is 0 Å². The molecule has 2 unspecified atom stereocenters. The van der Waals surface area contributed by atoms with Gasteiger partial charge >= 0.3 is 0 Å². The Balaban J connectivity index is 1.41. The van der Waals surface area contributed by atoms with Gasteiger partial charge in [-0.15, -0.1) is 4.40 Å². The van der Waals surface area contributed by atoms with Crippen molar-refractivity contribution in [3.63, 3.8) is 0 Å². The molecule has 0 spiro atoms. The number of hydrogen-bond donors (Lipinski definition) is 2. The molecule has 2 aromatic rings. The van der Waals surface area contributed by atoms with Crippen molar-refractivity contribution >= 4 is 37.4 Å². The zero-order valence-corrected chi connectivity index (χ0v) is 22.0. The topological polar surface area (TPSA) is 146 Å². The highest BCUT2D eigenvalue weighted by Gasteiger charge is 2.57. The molecule has 13 heteroatoms. The van der Waals surface area contributed by atoms with Gasteiger partial charge < -0.3 is 15.3 Å². The third-order valence-electron chi connectivity index (χ3n) is 7.85. The second kappa shape index (κ2) is 8.60. The Hall–Kier alpha value is -3.32. The van der Waals surface area contributed by atoms with Crippen LogP contribution in [-0.2, 0) is 37.0 Å². The highest BCUT2D eigenvalue weighted by molar-refractivity contribution is 7.90. The molecule has 2 bridgehead atoms. The van der Waals surface area contributed by atoms with Crippen LogP contribution in [-0.4, -0.2) is 55.9 Å². The number of benzene rings is 1. The van der Waals surface area contributed by atoms with Gasteiger partial charge in [0.05, 0.1) is 5.75 Å². The molecule has 1 aromatic heterocycles. The lowest BCUT2D eigenvalue weighted by molar-refractivity contribution is -0.134. The van der Waals surface area contributed by atoms with Gasteiger partial charge in [-0.1, -0.05) is 12.1 Å². The molecule has 0 radical (unpaired) electrons. The average Bonchev–Trinajstić information content (AvgIpc) is 3.45. The molecule has 2 N–H and O–H groups in total. The predicted molar refractivity (Wildman–Crippen MR) is 136 cm³/mol. The van der Waals surface area contributed by atoms with Crippen molar-refractivity contribution in [1.29, 1.82) is 0 Å². The minimum absolute atomic E-state index is 0.111. The first-order valence-corrected chi connectivity index (χ1v) is 15.7. The number of rotatable bonds is 5. The Bertz CT molecular complexity index is 1640. The first-order chi connectivity index (χ1) is 17.9. The summed E-state index contributed by atoms with van der Waals surface area (Å²) in [7, 11) is -7.80. The van der Waals surface area contributed by atoms with Crippen molar-refractivity contribution in [2.75, 3.05) is 11.6 Å². The van der Waals surface area contributed by atoms with Gasteiger partial charge in [-0.2, -0.15) is 8.42 Å². The van der Waals surface area contributed by atoms with Crippen LogP contribution >= 0.6 is 0 Å². The molecular formula is C25H25FN4O6S2. The molecule has 2 saturated carbocycles. The van der Waals surface area contributed by atoms with E-state index in [1.54, 1.807) is 17.0 Å². The Kier molecular flexibility index (Phi) is 5.65. The van der Waals surface area contributed by atoms with Crippen LogP contribution in [0.4, 0.5) is 10.2 Å². The molecule has 6 rings (SSSR count). The van der Waals surface area contributed by atoms with Gasteiger partial charge in [0, 0.05) is 31.0 Å². The zero-order chi connectivity index (χ0) is 27.0. The normalized spacial score (nSPS) is 27.6. The third-order valence-corrected chi connectivity index (χ3v) is 9.99. The largest absolute Gasteiger partial charge is 0.511 e. The van der Waals surface area contributed by atoms with Crippen LogP contribution in [0.15, 0.2) is 57.2 Å². The Morgan fingerprint density at radius 3 is 2.58 bits per heavy atom. The van der Waals surface area contributed by atoms with Gasteiger partial charge in [0.2, 0.25) is 0 Å². The summed E-state index contributed by atoms with van der Waals surface area (Å²) in [5, 5.41) is 14.2. The fourth-order valence-corrected chi connectivity index (χ4v) is 8.29. The highest BCUT2D eigenvalue weighted by Crippen LogP contribution is 2.55. The summed E-state index contributed by atoms with van der Waals surface area (Å²) >= 11 is 0. The standard InChI is InChI=1S/C25H25FN4O6S2/c1-37(33,34)12-14-8-18-23(27-10-14)28-24(29-38(18,35)36)20-22(31)19-15-4-5-16(9-15)21(19)30(25(20)32)11-13-2-6-17(26)7-3-13/h2-3,6-8,10,15-16,19,21,31H,4-5,9,11-12H2,1H3,(H,27,28,29)/t15-,16+,19?,21?/m0/s1. The number of sulfone groups is 1. The molecule has 1 amide bonds. The molecule has 2 aliphatic heterocycles. The van der Waals surface area contributed by atoms with E-state index in [0.29, 0.717) is 5.56 Å². The number of hydrogen-bond acceptors (Lipinski definition) is 8. The number of nitrogens with zero attached hydrogens (tertiary/aromatic N) is 3. The lowest BCUT2D eigenvalue weighted by atomic mass is 9.77. The van der Waals surface area contributed by atoms with Gasteiger partial charge in [-0.25, -0.2) is 17.8 Å². The first-order valence-electron chi connectivity index (χ1n) is 12.2. The van der Waals surface area contributed by atoms with Crippen molar-refractivity contribution in [2.24, 2.45) is 22.2 Å². The summed E-state index contributed by atoms with van der Waals surface area (Å²) in [6, 6.07) is 6.76. The minimum atomic E-state index is -4.37. The van der Waals surface area contributed by atoms with E-state index in [9.17, 15) is 31.1 Å². The predicted octanol–water partition coefficient (Wildman–Crippen LogP) is 2.55. The molecule has 4 atom stereocenters. The highest BCUT2D eigenvalue weighted by atomic mass is 32.2. The fourth-order valence-electron chi connectivity index (χ4n) is 6.41. The van der Waals surface area contributed by atoms with E-state index >= 15 is 0 Å². The van der Waals surface area contributed by atoms with Gasteiger partial charge in [-0.3, -0.25) is 4.79 Å². The number of pyridine rings is 1. The van der Waals surface area contributed by atoms with Gasteiger partial charge in [0.15, 0.2) is 21.5 Å². The maximum absolute atomic E-state index is 13.9. The van der Waals surface area contributed by atoms with Crippen LogP contribution in [0, 0.1) is 23.6 Å². The van der Waals surface area contributed by atoms with Crippen molar-refractivity contribution < 1.29 is 31.1 Å². The second-order valence-electron chi connectivity index (χ2n) is 10.5. The number of amidine groups is 1. The SMILES string of the molecule is CS(=O)(=O)Cc1cnc2c(c1)S(=O)(=O)N=C(C1=C(O)C3C([C@@H]4CC[C@H]3C4)N(Cc3ccc(F)cc3)C1=O)N2. The smallest absolute Gasteiger partial charge is 0.287 e. The molecule has 200 valence electrons. The number of aliphatic hydroxyl groups excluding tert-OH is 1. The molecule has 4 aliphatic rings. The Morgan fingerprint density at radius 2 is 1.87 bits per heavy atom. The number of carbonyl (C=O) groups is 1. The van der Waals surface area contributed by atoms with Crippen LogP contribution in [0.1, 0.15) is 30.4 Å². The van der Waals surface area contributed by atoms with Crippen molar-refractivity contribution in [2.45, 2.75) is 42.5 Å². The summed E-state index contributed by atoms with van der Waals surface area (Å²) in [4.78, 5) is 19.3. The van der Waals surface area contributed by atoms with E-state index in [1.165, 1.54) is 24.4 Å². The molecule has 2 fully saturated rings. The molecular weight excluding hydrogens is 535 g/mol. The molecule has 10 nitrogen and oxygen atoms in total. The first kappa shape index (κ1) is 25.0. The second-order valence-corrected chi connectivity index (χ2v) is 14.2. The monoisotopic (exact) mass is 560 g/mol. The summed E-state index contributed by atoms with van der Waals surface area (Å²) < 4.78 is 66.9. The number of nitrogens with one attached hydrogen (secondary N) is 1. The van der Waals surface area contributed by atoms with Crippen molar-refractivity contribution in [1.82, 2.24) is 9.88 Å². The summed E-state index contributed by atoms with van der Waals surface area (Å²) in [6.45, 7) is 0.171. The van der Waals surface area contributed by atoms with Crippen LogP contribution in [0.5, 0.6) is 0 Å². The average molecular weight is 561 g/mol. The van der Waals surface area contributed by atoms with E-state index in [2.05, 4.69) is 14.7 Å². The number of aromatic nitrogens is 1.